The van der Waals surface area contributed by atoms with Gasteiger partial charge in [-0.3, -0.25) is 19.4 Å². The predicted molar refractivity (Wildman–Crippen MR) is 296 cm³/mol. The Balaban J connectivity index is 0.799. The number of para-hydroxylation sites is 1. The Bertz CT molecular complexity index is 3190. The summed E-state index contributed by atoms with van der Waals surface area (Å²) in [5, 5.41) is 29.0. The molecule has 3 heterocycles. The fraction of sp³-hybridized carbons (Fsp3) is 0.312. The van der Waals surface area contributed by atoms with Gasteiger partial charge in [-0.2, -0.15) is 13.2 Å². The highest BCUT2D eigenvalue weighted by atomic mass is 19.4. The topological polar surface area (TPSA) is 171 Å². The number of nitrogens with zero attached hydrogens (tertiary/aromatic N) is 3. The molecule has 1 aliphatic rings. The maximum absolute atomic E-state index is 13.9. The summed E-state index contributed by atoms with van der Waals surface area (Å²) in [6, 6.07) is 42.2. The summed E-state index contributed by atoms with van der Waals surface area (Å²) in [6.07, 6.45) is 3.13. The number of esters is 1. The Kier molecular flexibility index (Phi) is 20.6. The zero-order valence-electron chi connectivity index (χ0n) is 44.5. The van der Waals surface area contributed by atoms with Crippen LogP contribution in [0.5, 0.6) is 5.88 Å². The summed E-state index contributed by atoms with van der Waals surface area (Å²) in [5.74, 6) is -6.94. The third-order valence-corrected chi connectivity index (χ3v) is 14.7. The number of unbranched alkanes of at least 4 members (excludes halogenated alkanes) is 7. The molecule has 4 N–H and O–H groups in total. The molecule has 0 bridgehead atoms. The van der Waals surface area contributed by atoms with E-state index in [0.29, 0.717) is 59.4 Å². The average molecular weight is 1110 g/mol. The number of hydrogen-bond acceptors (Lipinski definition) is 9. The second-order valence-electron chi connectivity index (χ2n) is 20.3. The van der Waals surface area contributed by atoms with Crippen molar-refractivity contribution in [1.82, 2.24) is 15.3 Å². The molecule has 8 rings (SSSR count). The summed E-state index contributed by atoms with van der Waals surface area (Å²) in [4.78, 5) is 62.7. The van der Waals surface area contributed by atoms with Crippen LogP contribution in [0.4, 0.5) is 33.3 Å². The molecule has 0 spiro atoms. The Hall–Kier alpha value is -8.15. The van der Waals surface area contributed by atoms with Gasteiger partial charge in [-0.05, 0) is 114 Å². The third-order valence-electron chi connectivity index (χ3n) is 14.7. The predicted octanol–water partition coefficient (Wildman–Crippen LogP) is 13.2. The Morgan fingerprint density at radius 2 is 1.26 bits per heavy atom. The van der Waals surface area contributed by atoms with E-state index >= 15 is 0 Å². The lowest BCUT2D eigenvalue weighted by atomic mass is 9.74. The van der Waals surface area contributed by atoms with Crippen LogP contribution >= 0.6 is 0 Å². The number of β-lactam (4-membered cyclic amide) rings is 1. The molecule has 5 aromatic carbocycles. The van der Waals surface area contributed by atoms with E-state index in [0.717, 1.165) is 49.7 Å². The van der Waals surface area contributed by atoms with E-state index < -0.39 is 59.6 Å². The van der Waals surface area contributed by atoms with Crippen molar-refractivity contribution in [3.8, 4) is 5.88 Å². The molecule has 422 valence electrons. The molecule has 0 aliphatic carbocycles. The number of aliphatic hydroxyl groups is 2. The lowest BCUT2D eigenvalue weighted by Gasteiger charge is -2.48. The van der Waals surface area contributed by atoms with Gasteiger partial charge in [0.25, 0.3) is 0 Å². The smallest absolute Gasteiger partial charge is 0.400 e. The number of rotatable bonds is 27. The van der Waals surface area contributed by atoms with Crippen molar-refractivity contribution in [2.24, 2.45) is 5.92 Å². The largest absolute Gasteiger partial charge is 0.491 e. The molecule has 1 saturated heterocycles. The number of ether oxygens (including phenoxy) is 1. The maximum atomic E-state index is 13.9. The minimum atomic E-state index is -5.32. The first-order valence-corrected chi connectivity index (χ1v) is 27.3. The minimum Gasteiger partial charge on any atom is -0.400 e. The van der Waals surface area contributed by atoms with E-state index in [9.17, 15) is 51.3 Å². The number of nitrogens with one attached hydrogen (secondary N) is 2. The van der Waals surface area contributed by atoms with Crippen LogP contribution in [0.1, 0.15) is 146 Å². The second kappa shape index (κ2) is 28.3. The van der Waals surface area contributed by atoms with Gasteiger partial charge in [0.1, 0.15) is 11.6 Å². The zero-order valence-corrected chi connectivity index (χ0v) is 44.5. The second-order valence-corrected chi connectivity index (χ2v) is 20.3. The van der Waals surface area contributed by atoms with Crippen molar-refractivity contribution < 1.29 is 56.1 Å². The number of carbonyl (C=O) groups is 4. The number of hydrogen-bond donors (Lipinski definition) is 4. The maximum Gasteiger partial charge on any atom is 0.491 e. The number of carbonyl (C=O) groups excluding carboxylic acids is 4. The first-order valence-electron chi connectivity index (χ1n) is 27.3. The molecule has 6 atom stereocenters. The highest BCUT2D eigenvalue weighted by Crippen LogP contribution is 2.50. The van der Waals surface area contributed by atoms with Crippen molar-refractivity contribution in [3.63, 3.8) is 0 Å². The molecule has 2 aromatic heterocycles. The lowest BCUT2D eigenvalue weighted by Crippen LogP contribution is -2.55. The number of aromatic nitrogens is 2. The molecular formula is C64H64F5N5O7. The van der Waals surface area contributed by atoms with E-state index in [1.54, 1.807) is 89.8 Å². The van der Waals surface area contributed by atoms with Crippen LogP contribution in [-0.2, 0) is 25.7 Å². The number of anilines is 2. The molecule has 12 nitrogen and oxygen atoms in total. The standard InChI is InChI=1S/C64H64F5N5O7/c65-46-30-28-43(29-31-46)54(75)37-36-51-59(74(62(51)79)48-34-32-47(66)33-35-48)45-21-16-18-42(40-45)41-72-55(76)26-10-5-3-1-2-4-6-11-27-56(77)73-52-24-13-12-22-49(52)57(50-23-17-39-71-61(50)81-63(80)64(67,68)69)58(53-25-14-15-38-70-53)60(78)44-19-8-7-9-20-44/h7-9,12-25,28-35,38-40,51,54,57-60,75,78H,1-6,10-11,26-27,36-37,41H2,(H,72,76)(H,73,77). The van der Waals surface area contributed by atoms with E-state index in [-0.39, 0.29) is 48.7 Å². The average Bonchev–Trinajstić information content (AvgIpc) is 3.45. The molecule has 81 heavy (non-hydrogen) atoms. The van der Waals surface area contributed by atoms with E-state index in [2.05, 4.69) is 20.6 Å². The van der Waals surface area contributed by atoms with Gasteiger partial charge in [-0.1, -0.05) is 136 Å². The first-order chi connectivity index (χ1) is 39.2. The third kappa shape index (κ3) is 15.8. The van der Waals surface area contributed by atoms with E-state index in [1.807, 2.05) is 24.3 Å². The van der Waals surface area contributed by atoms with Crippen molar-refractivity contribution in [2.45, 2.75) is 120 Å². The Morgan fingerprint density at radius 3 is 1.94 bits per heavy atom. The number of amides is 3. The molecule has 1 fully saturated rings. The SMILES string of the molecule is O=C(CCCCCCCCCCC(=O)Nc1ccccc1C(c1cccnc1OC(=O)C(F)(F)F)C(c1ccccn1)C(O)c1ccccc1)NCc1cccc(C2C(CCC(O)c3ccc(F)cc3)C(=O)N2c2ccc(F)cc2)c1. The first kappa shape index (κ1) is 59.0. The molecule has 0 radical (unpaired) electrons. The molecule has 6 unspecified atom stereocenters. The fourth-order valence-electron chi connectivity index (χ4n) is 10.6. The van der Waals surface area contributed by atoms with Crippen LogP contribution in [0.2, 0.25) is 0 Å². The van der Waals surface area contributed by atoms with E-state index in [1.165, 1.54) is 60.9 Å². The van der Waals surface area contributed by atoms with Crippen molar-refractivity contribution >= 4 is 35.1 Å². The van der Waals surface area contributed by atoms with Gasteiger partial charge in [-0.25, -0.2) is 18.6 Å². The summed E-state index contributed by atoms with van der Waals surface area (Å²) in [6.45, 7) is 0.285. The highest BCUT2D eigenvalue weighted by molar-refractivity contribution is 6.03. The molecular weight excluding hydrogens is 1050 g/mol. The lowest BCUT2D eigenvalue weighted by molar-refractivity contribution is -0.190. The van der Waals surface area contributed by atoms with Gasteiger partial charge in [0.05, 0.1) is 24.2 Å². The number of alkyl halides is 3. The molecule has 3 amide bonds. The van der Waals surface area contributed by atoms with Crippen LogP contribution in [-0.4, -0.2) is 50.0 Å². The van der Waals surface area contributed by atoms with Gasteiger partial charge in [0, 0.05) is 66.2 Å². The van der Waals surface area contributed by atoms with Crippen LogP contribution in [0.3, 0.4) is 0 Å². The fourth-order valence-corrected chi connectivity index (χ4v) is 10.6. The summed E-state index contributed by atoms with van der Waals surface area (Å²) in [5.41, 5.74) is 4.49. The quantitative estimate of drug-likeness (QED) is 0.0169. The van der Waals surface area contributed by atoms with Crippen LogP contribution in [0.25, 0.3) is 0 Å². The Morgan fingerprint density at radius 1 is 0.642 bits per heavy atom. The number of benzene rings is 5. The van der Waals surface area contributed by atoms with E-state index in [4.69, 9.17) is 4.74 Å². The molecule has 17 heteroatoms. The summed E-state index contributed by atoms with van der Waals surface area (Å²) >= 11 is 0. The summed E-state index contributed by atoms with van der Waals surface area (Å²) < 4.78 is 73.1. The van der Waals surface area contributed by atoms with Gasteiger partial charge >= 0.3 is 12.1 Å². The van der Waals surface area contributed by atoms with Gasteiger partial charge < -0.3 is 30.5 Å². The van der Waals surface area contributed by atoms with Crippen molar-refractivity contribution in [2.75, 3.05) is 10.2 Å². The van der Waals surface area contributed by atoms with Crippen LogP contribution < -0.4 is 20.3 Å². The molecule has 0 saturated carbocycles. The van der Waals surface area contributed by atoms with Crippen molar-refractivity contribution in [1.29, 1.82) is 0 Å². The zero-order chi connectivity index (χ0) is 57.3. The number of aliphatic hydroxyl groups excluding tert-OH is 2. The number of pyridine rings is 2. The van der Waals surface area contributed by atoms with Crippen LogP contribution in [0, 0.1) is 17.6 Å². The molecule has 1 aliphatic heterocycles. The Labute approximate surface area is 467 Å². The number of halogens is 5. The van der Waals surface area contributed by atoms with Gasteiger partial charge in [0.2, 0.25) is 23.6 Å². The normalized spacial score (nSPS) is 15.7. The summed E-state index contributed by atoms with van der Waals surface area (Å²) in [7, 11) is 0. The van der Waals surface area contributed by atoms with Gasteiger partial charge in [0.15, 0.2) is 0 Å². The highest BCUT2D eigenvalue weighted by Gasteiger charge is 2.49. The van der Waals surface area contributed by atoms with Crippen molar-refractivity contribution in [3.05, 3.63) is 221 Å². The van der Waals surface area contributed by atoms with Crippen LogP contribution in [0.15, 0.2) is 170 Å². The molecule has 7 aromatic rings. The van der Waals surface area contributed by atoms with Gasteiger partial charge in [-0.15, -0.1) is 0 Å². The monoisotopic (exact) mass is 1110 g/mol. The minimum absolute atomic E-state index is 0.0539.